The highest BCUT2D eigenvalue weighted by Gasteiger charge is 2.56. The van der Waals surface area contributed by atoms with Crippen LogP contribution in [0.5, 0.6) is 0 Å². The highest BCUT2D eigenvalue weighted by Crippen LogP contribution is 2.64. The molecule has 1 fully saturated rings. The molecule has 4 unspecified atom stereocenters. The number of nitrogens with one attached hydrogen (secondary N) is 1. The van der Waals surface area contributed by atoms with E-state index in [1.807, 2.05) is 6.07 Å². The Kier molecular flexibility index (Phi) is 3.56. The average molecular weight is 318 g/mol. The Bertz CT molecular complexity index is 650. The van der Waals surface area contributed by atoms with E-state index in [9.17, 15) is 0 Å². The van der Waals surface area contributed by atoms with Crippen LogP contribution < -0.4 is 5.32 Å². The quantitative estimate of drug-likeness (QED) is 0.834. The first-order valence-electron chi connectivity index (χ1n) is 7.86. The van der Waals surface area contributed by atoms with Crippen LogP contribution in [0.1, 0.15) is 41.3 Å². The third kappa shape index (κ3) is 2.34. The van der Waals surface area contributed by atoms with Gasteiger partial charge in [-0.1, -0.05) is 42.8 Å². The van der Waals surface area contributed by atoms with Crippen molar-refractivity contribution in [2.75, 3.05) is 6.54 Å². The van der Waals surface area contributed by atoms with Crippen molar-refractivity contribution >= 4 is 22.9 Å². The van der Waals surface area contributed by atoms with E-state index in [0.29, 0.717) is 6.04 Å². The SMILES string of the molecule is CCNC(c1ccc(Cl)s1)C1C2CCc3ccccc3C21. The first-order chi connectivity index (χ1) is 10.3. The van der Waals surface area contributed by atoms with Gasteiger partial charge in [-0.25, -0.2) is 0 Å². The standard InChI is InChI=1S/C18H20ClNS/c1-2-20-18(14-9-10-15(19)21-14)17-13-8-7-11-5-3-4-6-12(11)16(13)17/h3-6,9-10,13,16-18,20H,2,7-8H2,1H3. The van der Waals surface area contributed by atoms with E-state index in [1.54, 1.807) is 22.5 Å². The molecule has 21 heavy (non-hydrogen) atoms. The van der Waals surface area contributed by atoms with E-state index in [0.717, 1.165) is 28.6 Å². The molecule has 0 bridgehead atoms. The third-order valence-corrected chi connectivity index (χ3v) is 6.41. The zero-order valence-corrected chi connectivity index (χ0v) is 13.8. The Labute approximate surface area is 135 Å². The topological polar surface area (TPSA) is 12.0 Å². The van der Waals surface area contributed by atoms with Gasteiger partial charge in [0.05, 0.1) is 4.34 Å². The third-order valence-electron chi connectivity index (χ3n) is 5.10. The maximum absolute atomic E-state index is 6.15. The van der Waals surface area contributed by atoms with Crippen molar-refractivity contribution in [3.63, 3.8) is 0 Å². The molecule has 0 radical (unpaired) electrons. The molecule has 2 aromatic rings. The van der Waals surface area contributed by atoms with Crippen LogP contribution in [0.3, 0.4) is 0 Å². The summed E-state index contributed by atoms with van der Waals surface area (Å²) in [5.41, 5.74) is 3.17. The summed E-state index contributed by atoms with van der Waals surface area (Å²) in [4.78, 5) is 1.40. The number of hydrogen-bond acceptors (Lipinski definition) is 2. The van der Waals surface area contributed by atoms with E-state index in [4.69, 9.17) is 11.6 Å². The Hall–Kier alpha value is -0.830. The lowest BCUT2D eigenvalue weighted by Crippen LogP contribution is -2.22. The Morgan fingerprint density at radius 2 is 2.14 bits per heavy atom. The summed E-state index contributed by atoms with van der Waals surface area (Å²) in [5.74, 6) is 2.34. The summed E-state index contributed by atoms with van der Waals surface area (Å²) in [6.07, 6.45) is 2.59. The zero-order chi connectivity index (χ0) is 14.4. The van der Waals surface area contributed by atoms with E-state index >= 15 is 0 Å². The Morgan fingerprint density at radius 3 is 2.90 bits per heavy atom. The summed E-state index contributed by atoms with van der Waals surface area (Å²) < 4.78 is 0.900. The van der Waals surface area contributed by atoms with Crippen molar-refractivity contribution in [3.05, 3.63) is 56.7 Å². The van der Waals surface area contributed by atoms with Crippen LogP contribution in [0.25, 0.3) is 0 Å². The van der Waals surface area contributed by atoms with Gasteiger partial charge in [-0.3, -0.25) is 0 Å². The van der Waals surface area contributed by atoms with Crippen LogP contribution in [0, 0.1) is 11.8 Å². The van der Waals surface area contributed by atoms with E-state index in [1.165, 1.54) is 17.7 Å². The maximum atomic E-state index is 6.15. The van der Waals surface area contributed by atoms with Gasteiger partial charge < -0.3 is 5.32 Å². The van der Waals surface area contributed by atoms with Gasteiger partial charge in [0.15, 0.2) is 0 Å². The molecule has 4 rings (SSSR count). The first-order valence-corrected chi connectivity index (χ1v) is 9.05. The number of halogens is 1. The molecule has 0 amide bonds. The molecule has 4 atom stereocenters. The van der Waals surface area contributed by atoms with Crippen molar-refractivity contribution in [2.24, 2.45) is 11.8 Å². The largest absolute Gasteiger partial charge is 0.309 e. The van der Waals surface area contributed by atoms with Crippen LogP contribution in [0.4, 0.5) is 0 Å². The summed E-state index contributed by atoms with van der Waals surface area (Å²) in [6.45, 7) is 3.21. The molecule has 0 spiro atoms. The molecule has 1 nitrogen and oxygen atoms in total. The van der Waals surface area contributed by atoms with Gasteiger partial charge in [-0.05, 0) is 60.4 Å². The first kappa shape index (κ1) is 13.8. The average Bonchev–Trinajstić information content (AvgIpc) is 3.09. The second-order valence-electron chi connectivity index (χ2n) is 6.18. The molecule has 1 N–H and O–H groups in total. The lowest BCUT2D eigenvalue weighted by atomic mass is 9.92. The lowest BCUT2D eigenvalue weighted by molar-refractivity contribution is 0.467. The predicted molar refractivity (Wildman–Crippen MR) is 90.2 cm³/mol. The lowest BCUT2D eigenvalue weighted by Gasteiger charge is -2.17. The van der Waals surface area contributed by atoms with Crippen molar-refractivity contribution in [3.8, 4) is 0 Å². The zero-order valence-electron chi connectivity index (χ0n) is 12.2. The maximum Gasteiger partial charge on any atom is 0.0931 e. The minimum Gasteiger partial charge on any atom is -0.309 e. The van der Waals surface area contributed by atoms with E-state index < -0.39 is 0 Å². The minimum absolute atomic E-state index is 0.466. The summed E-state index contributed by atoms with van der Waals surface area (Å²) in [6, 6.07) is 13.7. The second kappa shape index (κ2) is 5.42. The molecule has 2 aliphatic rings. The fraction of sp³-hybridized carbons (Fsp3) is 0.444. The van der Waals surface area contributed by atoms with Crippen molar-refractivity contribution in [1.82, 2.24) is 5.32 Å². The molecule has 3 heteroatoms. The summed E-state index contributed by atoms with van der Waals surface area (Å²) in [7, 11) is 0. The fourth-order valence-corrected chi connectivity index (χ4v) is 5.41. The molecule has 0 aliphatic heterocycles. The number of fused-ring (bicyclic) bond motifs is 3. The summed E-state index contributed by atoms with van der Waals surface area (Å²) >= 11 is 7.89. The minimum atomic E-state index is 0.466. The van der Waals surface area contributed by atoms with Gasteiger partial charge in [0.25, 0.3) is 0 Å². The normalized spacial score (nSPS) is 27.8. The smallest absolute Gasteiger partial charge is 0.0931 e. The number of benzene rings is 1. The van der Waals surface area contributed by atoms with Gasteiger partial charge in [0.1, 0.15) is 0 Å². The number of thiophene rings is 1. The van der Waals surface area contributed by atoms with E-state index in [2.05, 4.69) is 42.6 Å². The molecule has 1 saturated carbocycles. The van der Waals surface area contributed by atoms with Gasteiger partial charge in [-0.15, -0.1) is 11.3 Å². The number of aryl methyl sites for hydroxylation is 1. The van der Waals surface area contributed by atoms with Gasteiger partial charge in [0.2, 0.25) is 0 Å². The highest BCUT2D eigenvalue weighted by molar-refractivity contribution is 7.16. The summed E-state index contributed by atoms with van der Waals surface area (Å²) in [5, 5.41) is 3.71. The monoisotopic (exact) mass is 317 g/mol. The number of hydrogen-bond donors (Lipinski definition) is 1. The second-order valence-corrected chi connectivity index (χ2v) is 7.93. The molecule has 1 aromatic carbocycles. The van der Waals surface area contributed by atoms with Gasteiger partial charge in [-0.2, -0.15) is 0 Å². The highest BCUT2D eigenvalue weighted by atomic mass is 35.5. The van der Waals surface area contributed by atoms with E-state index in [-0.39, 0.29) is 0 Å². The van der Waals surface area contributed by atoms with Gasteiger partial charge in [0, 0.05) is 10.9 Å². The predicted octanol–water partition coefficient (Wildman–Crippen LogP) is 5.03. The molecule has 2 aliphatic carbocycles. The van der Waals surface area contributed by atoms with Gasteiger partial charge >= 0.3 is 0 Å². The fourth-order valence-electron chi connectivity index (χ4n) is 4.22. The van der Waals surface area contributed by atoms with Crippen LogP contribution in [0.15, 0.2) is 36.4 Å². The van der Waals surface area contributed by atoms with Crippen LogP contribution in [-0.4, -0.2) is 6.54 Å². The molecular formula is C18H20ClNS. The molecule has 1 aromatic heterocycles. The van der Waals surface area contributed by atoms with Crippen molar-refractivity contribution < 1.29 is 0 Å². The van der Waals surface area contributed by atoms with Crippen LogP contribution in [-0.2, 0) is 6.42 Å². The van der Waals surface area contributed by atoms with Crippen molar-refractivity contribution in [2.45, 2.75) is 31.7 Å². The molecule has 110 valence electrons. The molecule has 1 heterocycles. The Morgan fingerprint density at radius 1 is 1.29 bits per heavy atom. The van der Waals surface area contributed by atoms with Crippen LogP contribution in [0.2, 0.25) is 4.34 Å². The number of rotatable bonds is 4. The molecular weight excluding hydrogens is 298 g/mol. The van der Waals surface area contributed by atoms with Crippen molar-refractivity contribution in [1.29, 1.82) is 0 Å². The Balaban J connectivity index is 1.65. The molecule has 0 saturated heterocycles. The van der Waals surface area contributed by atoms with Crippen LogP contribution >= 0.6 is 22.9 Å².